The van der Waals surface area contributed by atoms with E-state index in [4.69, 9.17) is 29.0 Å². The van der Waals surface area contributed by atoms with Crippen LogP contribution in [-0.2, 0) is 23.4 Å². The minimum Gasteiger partial charge on any atom is -0.476 e. The van der Waals surface area contributed by atoms with Crippen LogP contribution in [0.1, 0.15) is 59.1 Å². The molecule has 45 heavy (non-hydrogen) atoms. The minimum atomic E-state index is -4.58. The zero-order valence-corrected chi connectivity index (χ0v) is 26.0. The number of fused-ring (bicyclic) bond motifs is 1. The molecule has 14 nitrogen and oxygen atoms in total. The number of aliphatic hydroxyl groups is 1. The highest BCUT2D eigenvalue weighted by atomic mass is 31.2. The Morgan fingerprint density at radius 3 is 2.64 bits per heavy atom. The van der Waals surface area contributed by atoms with Crippen LogP contribution in [0.15, 0.2) is 36.7 Å². The molecule has 0 radical (unpaired) electrons. The molecule has 2 aliphatic rings. The highest BCUT2D eigenvalue weighted by Gasteiger charge is 2.65. The van der Waals surface area contributed by atoms with Crippen LogP contribution >= 0.6 is 7.75 Å². The summed E-state index contributed by atoms with van der Waals surface area (Å²) in [5.41, 5.74) is 3.07. The van der Waals surface area contributed by atoms with Crippen molar-refractivity contribution in [2.75, 3.05) is 18.9 Å². The number of carbonyl (C=O) groups excluding carboxylic acids is 1. The largest absolute Gasteiger partial charge is 0.476 e. The van der Waals surface area contributed by atoms with E-state index < -0.39 is 50.2 Å². The van der Waals surface area contributed by atoms with E-state index >= 15 is 8.78 Å². The highest BCUT2D eigenvalue weighted by molar-refractivity contribution is 7.52. The molecule has 0 spiro atoms. The van der Waals surface area contributed by atoms with Gasteiger partial charge in [-0.05, 0) is 58.6 Å². The number of imidazole rings is 1. The Morgan fingerprint density at radius 2 is 1.96 bits per heavy atom. The van der Waals surface area contributed by atoms with E-state index in [0.29, 0.717) is 12.8 Å². The van der Waals surface area contributed by atoms with Gasteiger partial charge in [0.1, 0.15) is 24.5 Å². The molecular weight excluding hydrogens is 617 g/mol. The molecule has 1 aliphatic heterocycles. The average molecular weight is 655 g/mol. The summed E-state index contributed by atoms with van der Waals surface area (Å²) in [7, 11) is -4.58. The van der Waals surface area contributed by atoms with Gasteiger partial charge in [-0.3, -0.25) is 13.9 Å². The van der Waals surface area contributed by atoms with E-state index in [1.807, 2.05) is 0 Å². The van der Waals surface area contributed by atoms with Gasteiger partial charge in [0.25, 0.3) is 5.85 Å². The number of rotatable bonds is 12. The van der Waals surface area contributed by atoms with Gasteiger partial charge in [0.05, 0.1) is 12.9 Å². The van der Waals surface area contributed by atoms with E-state index in [1.54, 1.807) is 25.1 Å². The molecule has 1 saturated heterocycles. The third kappa shape index (κ3) is 7.04. The molecule has 5 rings (SSSR count). The average Bonchev–Trinajstić information content (AvgIpc) is 3.50. The molecule has 2 fully saturated rings. The smallest absolute Gasteiger partial charge is 0.459 e. The lowest BCUT2D eigenvalue weighted by atomic mass is 9.97. The highest BCUT2D eigenvalue weighted by Crippen LogP contribution is 2.52. The van der Waals surface area contributed by atoms with Crippen LogP contribution in [0.5, 0.6) is 11.6 Å². The first kappa shape index (κ1) is 32.9. The molecule has 3 aromatic rings. The van der Waals surface area contributed by atoms with Crippen LogP contribution in [0.2, 0.25) is 0 Å². The van der Waals surface area contributed by atoms with Crippen molar-refractivity contribution in [3.8, 4) is 11.6 Å². The lowest BCUT2D eigenvalue weighted by molar-refractivity contribution is -0.202. The third-order valence-corrected chi connectivity index (χ3v) is 9.24. The van der Waals surface area contributed by atoms with Gasteiger partial charge in [0, 0.05) is 0 Å². The minimum absolute atomic E-state index is 0.0221. The summed E-state index contributed by atoms with van der Waals surface area (Å²) in [5, 5.41) is 13.3. The number of hydrogen-bond acceptors (Lipinski definition) is 12. The Hall–Kier alpha value is -3.43. The topological polar surface area (TPSA) is 182 Å². The maximum atomic E-state index is 16.3. The molecule has 3 heterocycles. The van der Waals surface area contributed by atoms with Crippen LogP contribution in [-0.4, -0.2) is 73.6 Å². The van der Waals surface area contributed by atoms with Gasteiger partial charge in [0.15, 0.2) is 29.2 Å². The van der Waals surface area contributed by atoms with E-state index in [-0.39, 0.29) is 41.5 Å². The first-order valence-electron chi connectivity index (χ1n) is 14.7. The number of nitrogens with zero attached hydrogens (tertiary/aromatic N) is 4. The Kier molecular flexibility index (Phi) is 9.61. The van der Waals surface area contributed by atoms with Crippen molar-refractivity contribution < 1.29 is 46.5 Å². The summed E-state index contributed by atoms with van der Waals surface area (Å²) in [6, 6.07) is 6.63. The number of nitrogens with two attached hydrogens (primary N) is 1. The third-order valence-electron chi connectivity index (χ3n) is 7.61. The summed E-state index contributed by atoms with van der Waals surface area (Å²) in [6.07, 6.45) is 0.910. The number of anilines is 1. The van der Waals surface area contributed by atoms with Crippen molar-refractivity contribution in [1.82, 2.24) is 24.6 Å². The Labute approximate surface area is 258 Å². The number of alkyl halides is 2. The number of aliphatic hydroxyl groups excluding tert-OH is 1. The summed E-state index contributed by atoms with van der Waals surface area (Å²) in [5.74, 6) is -4.08. The predicted molar refractivity (Wildman–Crippen MR) is 157 cm³/mol. The maximum Gasteiger partial charge on any atom is 0.459 e. The lowest BCUT2D eigenvalue weighted by Crippen LogP contribution is -2.47. The Morgan fingerprint density at radius 1 is 1.24 bits per heavy atom. The fourth-order valence-corrected chi connectivity index (χ4v) is 6.81. The summed E-state index contributed by atoms with van der Waals surface area (Å²) in [4.78, 5) is 25.0. The molecule has 246 valence electrons. The number of benzene rings is 1. The first-order chi connectivity index (χ1) is 21.3. The van der Waals surface area contributed by atoms with Gasteiger partial charge in [0.2, 0.25) is 11.8 Å². The molecule has 1 unspecified atom stereocenters. The van der Waals surface area contributed by atoms with Gasteiger partial charge < -0.3 is 29.6 Å². The molecule has 0 amide bonds. The molecule has 1 saturated carbocycles. The molecule has 2 aromatic heterocycles. The second-order valence-corrected chi connectivity index (χ2v) is 12.9. The molecule has 1 aromatic carbocycles. The molecule has 0 bridgehead atoms. The van der Waals surface area contributed by atoms with Gasteiger partial charge >= 0.3 is 13.7 Å². The van der Waals surface area contributed by atoms with Crippen LogP contribution in [0, 0.1) is 0 Å². The fraction of sp³-hybridized carbons (Fsp3) is 0.571. The number of carbonyl (C=O) groups is 1. The normalized spacial score (nSPS) is 27.6. The quantitative estimate of drug-likeness (QED) is 0.187. The molecular formula is C28H37F2N6O8P. The zero-order chi connectivity index (χ0) is 32.4. The summed E-state index contributed by atoms with van der Waals surface area (Å²) < 4.78 is 74.9. The number of nitrogen functional groups attached to an aromatic ring is 1. The van der Waals surface area contributed by atoms with Crippen LogP contribution in [0.25, 0.3) is 11.2 Å². The van der Waals surface area contributed by atoms with Crippen molar-refractivity contribution in [3.05, 3.63) is 36.7 Å². The SMILES string of the molecule is CCOc1nc(N)nc2c1ncn2C1O[C@](F)(CO[P@](=O)(N[C@@H](C)C(=O)OC2CCCCC2)Oc2ccccc2)[C@@H](O)[C@@]1(C)F. The number of halogens is 2. The number of esters is 1. The molecule has 17 heteroatoms. The number of hydrogen-bond donors (Lipinski definition) is 3. The van der Waals surface area contributed by atoms with Crippen LogP contribution in [0.4, 0.5) is 14.7 Å². The van der Waals surface area contributed by atoms with E-state index in [0.717, 1.165) is 37.1 Å². The monoisotopic (exact) mass is 654 g/mol. The number of aromatic nitrogens is 4. The van der Waals surface area contributed by atoms with Gasteiger partial charge in [-0.25, -0.2) is 18.3 Å². The number of ether oxygens (including phenoxy) is 3. The Balaban J connectivity index is 1.37. The molecule has 4 N–H and O–H groups in total. The van der Waals surface area contributed by atoms with Gasteiger partial charge in [-0.15, -0.1) is 0 Å². The predicted octanol–water partition coefficient (Wildman–Crippen LogP) is 4.15. The van der Waals surface area contributed by atoms with Crippen LogP contribution < -0.4 is 20.1 Å². The first-order valence-corrected chi connectivity index (χ1v) is 16.2. The second kappa shape index (κ2) is 13.1. The summed E-state index contributed by atoms with van der Waals surface area (Å²) >= 11 is 0. The molecule has 1 aliphatic carbocycles. The fourth-order valence-electron chi connectivity index (χ4n) is 5.30. The maximum absolute atomic E-state index is 16.3. The van der Waals surface area contributed by atoms with Gasteiger partial charge in [-0.1, -0.05) is 24.6 Å². The van der Waals surface area contributed by atoms with E-state index in [1.165, 1.54) is 19.1 Å². The summed E-state index contributed by atoms with van der Waals surface area (Å²) in [6.45, 7) is 2.98. The number of nitrogens with one attached hydrogen (secondary N) is 1. The van der Waals surface area contributed by atoms with Crippen molar-refractivity contribution in [2.45, 2.75) is 88.9 Å². The van der Waals surface area contributed by atoms with Crippen molar-refractivity contribution >= 4 is 30.8 Å². The standard InChI is InChI=1S/C28H37F2N6O8P/c1-4-40-22-20-21(33-26(31)34-22)36(16-32-20)25-27(3,29)24(38)28(30,43-25)15-41-45(39,44-19-13-9-6-10-14-19)35-17(2)23(37)42-18-11-7-5-8-12-18/h6,9-10,13-14,16-18,24-25,38H,4-5,7-8,11-12,15H2,1-3H3,(H,35,39)(H2,31,33,34)/t17-,24-,25?,27+,28+,45+/m0/s1. The second-order valence-electron chi connectivity index (χ2n) is 11.2. The zero-order valence-electron chi connectivity index (χ0n) is 25.1. The van der Waals surface area contributed by atoms with Crippen molar-refractivity contribution in [3.63, 3.8) is 0 Å². The van der Waals surface area contributed by atoms with Gasteiger partial charge in [-0.2, -0.15) is 15.1 Å². The van der Waals surface area contributed by atoms with Crippen molar-refractivity contribution in [2.24, 2.45) is 0 Å². The van der Waals surface area contributed by atoms with Crippen LogP contribution in [0.3, 0.4) is 0 Å². The Bertz CT molecular complexity index is 1540. The number of para-hydroxylation sites is 1. The van der Waals surface area contributed by atoms with E-state index in [2.05, 4.69) is 20.0 Å². The van der Waals surface area contributed by atoms with E-state index in [9.17, 15) is 14.5 Å². The lowest BCUT2D eigenvalue weighted by Gasteiger charge is -2.28. The van der Waals surface area contributed by atoms with Crippen molar-refractivity contribution in [1.29, 1.82) is 0 Å². The molecule has 6 atom stereocenters.